The van der Waals surface area contributed by atoms with Gasteiger partial charge in [0.1, 0.15) is 10.6 Å². The fourth-order valence-electron chi connectivity index (χ4n) is 2.16. The van der Waals surface area contributed by atoms with Crippen LogP contribution in [0.1, 0.15) is 23.9 Å². The summed E-state index contributed by atoms with van der Waals surface area (Å²) < 4.78 is 2.08. The van der Waals surface area contributed by atoms with E-state index < -0.39 is 5.60 Å². The highest BCUT2D eigenvalue weighted by Gasteiger charge is 2.33. The number of fused-ring (bicyclic) bond motifs is 1. The molecule has 0 fully saturated rings. The fraction of sp³-hybridized carbons (Fsp3) is 0.200. The van der Waals surface area contributed by atoms with Crippen molar-refractivity contribution in [2.75, 3.05) is 0 Å². The average molecular weight is 349 g/mol. The lowest BCUT2D eigenvalue weighted by atomic mass is 9.93. The van der Waals surface area contributed by atoms with Gasteiger partial charge >= 0.3 is 0 Å². The van der Waals surface area contributed by atoms with Crippen LogP contribution in [0.4, 0.5) is 0 Å². The van der Waals surface area contributed by atoms with Crippen LogP contribution in [-0.4, -0.2) is 15.1 Å². The Kier molecular flexibility index (Phi) is 3.58. The number of aromatic nitrogens is 2. The third kappa shape index (κ3) is 2.26. The summed E-state index contributed by atoms with van der Waals surface area (Å²) in [5, 5.41) is 11.7. The molecule has 0 aliphatic rings. The van der Waals surface area contributed by atoms with Crippen molar-refractivity contribution >= 4 is 37.5 Å². The second kappa shape index (κ2) is 5.24. The Morgan fingerprint density at radius 1 is 1.35 bits per heavy atom. The summed E-state index contributed by atoms with van der Waals surface area (Å²) in [5.74, 6) is 0. The Morgan fingerprint density at radius 2 is 2.20 bits per heavy atom. The van der Waals surface area contributed by atoms with Gasteiger partial charge in [-0.25, -0.2) is 4.98 Å². The second-order valence-electron chi connectivity index (χ2n) is 4.59. The minimum atomic E-state index is -1.08. The fourth-order valence-corrected chi connectivity index (χ4v) is 3.86. The van der Waals surface area contributed by atoms with Crippen molar-refractivity contribution in [2.24, 2.45) is 0 Å². The molecule has 0 radical (unpaired) electrons. The minimum absolute atomic E-state index is 0.555. The first-order valence-corrected chi connectivity index (χ1v) is 7.94. The zero-order chi connectivity index (χ0) is 14.2. The van der Waals surface area contributed by atoms with Crippen LogP contribution >= 0.6 is 27.3 Å². The van der Waals surface area contributed by atoms with E-state index in [9.17, 15) is 5.11 Å². The second-order valence-corrected chi connectivity index (χ2v) is 6.53. The van der Waals surface area contributed by atoms with Crippen LogP contribution < -0.4 is 0 Å². The lowest BCUT2D eigenvalue weighted by Gasteiger charge is -2.24. The molecule has 2 aromatic heterocycles. The van der Waals surface area contributed by atoms with Gasteiger partial charge in [0.05, 0.1) is 10.2 Å². The van der Waals surface area contributed by atoms with E-state index in [4.69, 9.17) is 0 Å². The van der Waals surface area contributed by atoms with E-state index in [1.807, 2.05) is 37.3 Å². The van der Waals surface area contributed by atoms with Gasteiger partial charge in [-0.1, -0.05) is 28.9 Å². The van der Waals surface area contributed by atoms with Gasteiger partial charge in [0.2, 0.25) is 0 Å². The lowest BCUT2D eigenvalue weighted by molar-refractivity contribution is 0.0761. The molecule has 0 aliphatic heterocycles. The number of hydrogen-bond acceptors (Lipinski definition) is 4. The molecule has 0 aliphatic carbocycles. The van der Waals surface area contributed by atoms with E-state index >= 15 is 0 Å². The van der Waals surface area contributed by atoms with Crippen LogP contribution in [0, 0.1) is 0 Å². The molecule has 3 aromatic rings. The topological polar surface area (TPSA) is 46.0 Å². The number of pyridine rings is 1. The average Bonchev–Trinajstić information content (AvgIpc) is 2.90. The smallest absolute Gasteiger partial charge is 0.142 e. The number of rotatable bonds is 3. The lowest BCUT2D eigenvalue weighted by Crippen LogP contribution is -2.26. The standard InChI is InChI=1S/C15H13BrN2OS/c1-2-15(19,10-4-3-7-17-9-10)14-18-12-6-5-11(16)8-13(12)20-14/h3-9,19H,2H2,1H3. The monoisotopic (exact) mass is 348 g/mol. The normalized spacial score (nSPS) is 14.3. The van der Waals surface area contributed by atoms with Gasteiger partial charge in [0.25, 0.3) is 0 Å². The molecule has 20 heavy (non-hydrogen) atoms. The maximum Gasteiger partial charge on any atom is 0.142 e. The van der Waals surface area contributed by atoms with Gasteiger partial charge < -0.3 is 5.11 Å². The Labute approximate surface area is 129 Å². The van der Waals surface area contributed by atoms with Gasteiger partial charge in [0.15, 0.2) is 0 Å². The maximum absolute atomic E-state index is 11.0. The number of thiazole rings is 1. The van der Waals surface area contributed by atoms with Crippen LogP contribution in [0.2, 0.25) is 0 Å². The van der Waals surface area contributed by atoms with E-state index in [1.54, 1.807) is 12.4 Å². The molecule has 3 rings (SSSR count). The van der Waals surface area contributed by atoms with E-state index in [1.165, 1.54) is 11.3 Å². The first kappa shape index (κ1) is 13.7. The molecule has 1 atom stereocenters. The molecule has 2 heterocycles. The summed E-state index contributed by atoms with van der Waals surface area (Å²) in [6.07, 6.45) is 3.96. The number of halogens is 1. The van der Waals surface area contributed by atoms with Crippen LogP contribution in [0.15, 0.2) is 47.2 Å². The first-order chi connectivity index (χ1) is 9.63. The Hall–Kier alpha value is -1.30. The molecule has 1 N–H and O–H groups in total. The van der Waals surface area contributed by atoms with E-state index in [-0.39, 0.29) is 0 Å². The highest BCUT2D eigenvalue weighted by molar-refractivity contribution is 9.10. The molecule has 0 saturated heterocycles. The summed E-state index contributed by atoms with van der Waals surface area (Å²) in [6, 6.07) is 9.66. The highest BCUT2D eigenvalue weighted by Crippen LogP contribution is 2.37. The molecule has 102 valence electrons. The quantitative estimate of drug-likeness (QED) is 0.774. The maximum atomic E-state index is 11.0. The van der Waals surface area contributed by atoms with Crippen molar-refractivity contribution in [1.82, 2.24) is 9.97 Å². The van der Waals surface area contributed by atoms with Gasteiger partial charge in [-0.2, -0.15) is 0 Å². The molecule has 3 nitrogen and oxygen atoms in total. The highest BCUT2D eigenvalue weighted by atomic mass is 79.9. The minimum Gasteiger partial charge on any atom is -0.378 e. The van der Waals surface area contributed by atoms with E-state index in [2.05, 4.69) is 25.9 Å². The van der Waals surface area contributed by atoms with Crippen molar-refractivity contribution in [3.63, 3.8) is 0 Å². The van der Waals surface area contributed by atoms with Crippen molar-refractivity contribution in [3.8, 4) is 0 Å². The van der Waals surface area contributed by atoms with Crippen LogP contribution in [0.25, 0.3) is 10.2 Å². The van der Waals surface area contributed by atoms with E-state index in [0.29, 0.717) is 11.4 Å². The Bertz CT molecular complexity index is 744. The third-order valence-corrected chi connectivity index (χ3v) is 5.02. The van der Waals surface area contributed by atoms with Gasteiger partial charge in [-0.05, 0) is 30.7 Å². The summed E-state index contributed by atoms with van der Waals surface area (Å²) in [6.45, 7) is 1.95. The molecule has 0 bridgehead atoms. The molecule has 0 saturated carbocycles. The van der Waals surface area contributed by atoms with Crippen molar-refractivity contribution in [2.45, 2.75) is 18.9 Å². The first-order valence-electron chi connectivity index (χ1n) is 6.33. The van der Waals surface area contributed by atoms with Crippen LogP contribution in [-0.2, 0) is 5.60 Å². The predicted molar refractivity (Wildman–Crippen MR) is 84.8 cm³/mol. The van der Waals surface area contributed by atoms with Gasteiger partial charge in [-0.15, -0.1) is 11.3 Å². The Balaban J connectivity index is 2.16. The molecule has 0 spiro atoms. The van der Waals surface area contributed by atoms with Crippen molar-refractivity contribution in [1.29, 1.82) is 0 Å². The number of nitrogens with zero attached hydrogens (tertiary/aromatic N) is 2. The Morgan fingerprint density at radius 3 is 2.90 bits per heavy atom. The summed E-state index contributed by atoms with van der Waals surface area (Å²) in [5.41, 5.74) is 0.606. The van der Waals surface area contributed by atoms with E-state index in [0.717, 1.165) is 20.3 Å². The summed E-state index contributed by atoms with van der Waals surface area (Å²) >= 11 is 4.98. The van der Waals surface area contributed by atoms with Gasteiger partial charge in [-0.3, -0.25) is 4.98 Å². The van der Waals surface area contributed by atoms with Crippen LogP contribution in [0.5, 0.6) is 0 Å². The van der Waals surface area contributed by atoms with Crippen LogP contribution in [0.3, 0.4) is 0 Å². The SMILES string of the molecule is CCC(O)(c1cccnc1)c1nc2ccc(Br)cc2s1. The third-order valence-electron chi connectivity index (χ3n) is 3.36. The molecule has 5 heteroatoms. The van der Waals surface area contributed by atoms with Crippen molar-refractivity contribution in [3.05, 3.63) is 57.8 Å². The zero-order valence-corrected chi connectivity index (χ0v) is 13.3. The zero-order valence-electron chi connectivity index (χ0n) is 10.9. The van der Waals surface area contributed by atoms with Gasteiger partial charge in [0, 0.05) is 22.4 Å². The summed E-state index contributed by atoms with van der Waals surface area (Å²) in [7, 11) is 0. The summed E-state index contributed by atoms with van der Waals surface area (Å²) in [4.78, 5) is 8.69. The number of benzene rings is 1. The molecule has 0 amide bonds. The largest absolute Gasteiger partial charge is 0.378 e. The van der Waals surface area contributed by atoms with Crippen molar-refractivity contribution < 1.29 is 5.11 Å². The number of aliphatic hydroxyl groups is 1. The molecular weight excluding hydrogens is 336 g/mol. The molecular formula is C15H13BrN2OS. The molecule has 1 unspecified atom stereocenters. The predicted octanol–water partition coefficient (Wildman–Crippen LogP) is 4.10. The number of hydrogen-bond donors (Lipinski definition) is 1. The molecule has 1 aromatic carbocycles.